The summed E-state index contributed by atoms with van der Waals surface area (Å²) >= 11 is 0. The van der Waals surface area contributed by atoms with Crippen LogP contribution in [0, 0.1) is 0 Å². The number of rotatable bonds is 8. The topological polar surface area (TPSA) is 120 Å². The molecule has 0 aromatic heterocycles. The molecule has 5 aromatic rings. The van der Waals surface area contributed by atoms with Gasteiger partial charge in [-0.25, -0.2) is 0 Å². The van der Waals surface area contributed by atoms with Crippen molar-refractivity contribution in [2.24, 2.45) is 9.98 Å². The Balaban J connectivity index is 0.000000183. The van der Waals surface area contributed by atoms with Crippen LogP contribution in [0.3, 0.4) is 0 Å². The summed E-state index contributed by atoms with van der Waals surface area (Å²) in [5, 5.41) is 5.94. The molecular formula is C42H40N4O6. The first-order valence-electron chi connectivity index (χ1n) is 16.8. The number of anilines is 2. The molecule has 2 aliphatic rings. The fraction of sp³-hybridized carbons (Fsp3) is 0.190. The predicted molar refractivity (Wildman–Crippen MR) is 204 cm³/mol. The number of hydrogen-bond donors (Lipinski definition) is 2. The maximum Gasteiger partial charge on any atom is 0.249 e. The highest BCUT2D eigenvalue weighted by atomic mass is 16.5. The van der Waals surface area contributed by atoms with E-state index in [1.165, 1.54) is 0 Å². The normalized spacial score (nSPS) is 16.1. The molecule has 7 rings (SSSR count). The number of fused-ring (bicyclic) bond motifs is 2. The first-order chi connectivity index (χ1) is 25.3. The number of hydrogen-bond acceptors (Lipinski definition) is 8. The molecule has 0 saturated carbocycles. The van der Waals surface area contributed by atoms with Gasteiger partial charge < -0.3 is 29.6 Å². The number of nitrogens with one attached hydrogen (secondary N) is 2. The highest BCUT2D eigenvalue weighted by molar-refractivity contribution is 6.21. The molecule has 2 aliphatic heterocycles. The molecule has 0 bridgehead atoms. The van der Waals surface area contributed by atoms with E-state index < -0.39 is 12.1 Å². The number of aliphatic imine (C=N–C) groups is 2. The maximum atomic E-state index is 13.0. The van der Waals surface area contributed by atoms with Gasteiger partial charge in [-0.2, -0.15) is 0 Å². The minimum Gasteiger partial charge on any atom is -0.493 e. The average molecular weight is 697 g/mol. The van der Waals surface area contributed by atoms with Crippen LogP contribution in [0.25, 0.3) is 0 Å². The molecule has 10 heteroatoms. The summed E-state index contributed by atoms with van der Waals surface area (Å²) in [4.78, 5) is 34.7. The molecule has 264 valence electrons. The first-order valence-corrected chi connectivity index (χ1v) is 16.8. The Bertz CT molecular complexity index is 2120. The molecule has 2 atom stereocenters. The lowest BCUT2D eigenvalue weighted by Gasteiger charge is -2.15. The molecular weight excluding hydrogens is 656 g/mol. The molecule has 2 heterocycles. The van der Waals surface area contributed by atoms with E-state index in [-0.39, 0.29) is 11.8 Å². The Kier molecular flexibility index (Phi) is 10.9. The summed E-state index contributed by atoms with van der Waals surface area (Å²) in [6.07, 6.45) is 0.519. The molecule has 0 fully saturated rings. The van der Waals surface area contributed by atoms with E-state index in [2.05, 4.69) is 15.6 Å². The van der Waals surface area contributed by atoms with Gasteiger partial charge in [0.2, 0.25) is 11.8 Å². The van der Waals surface area contributed by atoms with Crippen molar-refractivity contribution in [1.82, 2.24) is 0 Å². The van der Waals surface area contributed by atoms with Crippen molar-refractivity contribution >= 4 is 34.6 Å². The van der Waals surface area contributed by atoms with Gasteiger partial charge in [-0.1, -0.05) is 91.0 Å². The van der Waals surface area contributed by atoms with Gasteiger partial charge in [0, 0.05) is 40.8 Å². The van der Waals surface area contributed by atoms with Crippen LogP contribution in [-0.4, -0.2) is 63.8 Å². The van der Waals surface area contributed by atoms with Crippen LogP contribution < -0.4 is 29.6 Å². The highest BCUT2D eigenvalue weighted by Crippen LogP contribution is 2.37. The van der Waals surface area contributed by atoms with Crippen molar-refractivity contribution < 1.29 is 28.5 Å². The summed E-state index contributed by atoms with van der Waals surface area (Å²) in [5.41, 5.74) is 7.40. The SMILES string of the molecule is COc1cc2c(cc1OC)C(c1ccccc1)=NC(C)C(=O)N2.COc1cc2c(cc1OC)C(c1ccccc1)=NC(Cc1ccccc1)C(=O)N2. The Morgan fingerprint density at radius 2 is 0.942 bits per heavy atom. The highest BCUT2D eigenvalue weighted by Gasteiger charge is 2.28. The van der Waals surface area contributed by atoms with Gasteiger partial charge in [0.25, 0.3) is 0 Å². The van der Waals surface area contributed by atoms with Crippen molar-refractivity contribution in [3.8, 4) is 23.0 Å². The number of carbonyl (C=O) groups excluding carboxylic acids is 2. The van der Waals surface area contributed by atoms with Crippen molar-refractivity contribution in [1.29, 1.82) is 0 Å². The lowest BCUT2D eigenvalue weighted by molar-refractivity contribution is -0.117. The van der Waals surface area contributed by atoms with Crippen LogP contribution in [0.4, 0.5) is 11.4 Å². The number of amides is 2. The van der Waals surface area contributed by atoms with Crippen molar-refractivity contribution in [2.75, 3.05) is 39.1 Å². The number of benzodiazepines with no additional fused rings is 2. The third-order valence-corrected chi connectivity index (χ3v) is 8.73. The monoisotopic (exact) mass is 696 g/mol. The molecule has 0 spiro atoms. The summed E-state index contributed by atoms with van der Waals surface area (Å²) in [5.74, 6) is 2.01. The molecule has 0 saturated heterocycles. The number of nitrogens with zero attached hydrogens (tertiary/aromatic N) is 2. The van der Waals surface area contributed by atoms with Crippen molar-refractivity contribution in [2.45, 2.75) is 25.4 Å². The third kappa shape index (κ3) is 7.66. The Hall–Kier alpha value is -6.42. The quantitative estimate of drug-likeness (QED) is 0.181. The second-order valence-electron chi connectivity index (χ2n) is 12.1. The van der Waals surface area contributed by atoms with Crippen molar-refractivity contribution in [3.63, 3.8) is 0 Å². The fourth-order valence-electron chi connectivity index (χ4n) is 6.04. The molecule has 2 amide bonds. The summed E-state index contributed by atoms with van der Waals surface area (Å²) in [6, 6.07) is 35.8. The lowest BCUT2D eigenvalue weighted by atomic mass is 9.99. The maximum absolute atomic E-state index is 13.0. The van der Waals surface area contributed by atoms with Crippen LogP contribution in [0.2, 0.25) is 0 Å². The summed E-state index contributed by atoms with van der Waals surface area (Å²) < 4.78 is 21.6. The Morgan fingerprint density at radius 1 is 0.538 bits per heavy atom. The van der Waals surface area contributed by atoms with E-state index in [0.29, 0.717) is 40.8 Å². The van der Waals surface area contributed by atoms with Gasteiger partial charge in [-0.15, -0.1) is 0 Å². The lowest BCUT2D eigenvalue weighted by Crippen LogP contribution is -2.27. The second-order valence-corrected chi connectivity index (χ2v) is 12.1. The number of benzene rings is 5. The first kappa shape index (κ1) is 35.4. The van der Waals surface area contributed by atoms with E-state index >= 15 is 0 Å². The molecule has 0 radical (unpaired) electrons. The molecule has 0 aliphatic carbocycles. The van der Waals surface area contributed by atoms with E-state index in [4.69, 9.17) is 23.9 Å². The Morgan fingerprint density at radius 3 is 1.40 bits per heavy atom. The van der Waals surface area contributed by atoms with E-state index in [9.17, 15) is 9.59 Å². The van der Waals surface area contributed by atoms with Gasteiger partial charge in [0.1, 0.15) is 12.1 Å². The Labute approximate surface area is 303 Å². The zero-order chi connectivity index (χ0) is 36.6. The van der Waals surface area contributed by atoms with Gasteiger partial charge in [0.15, 0.2) is 23.0 Å². The zero-order valence-electron chi connectivity index (χ0n) is 29.7. The van der Waals surface area contributed by atoms with Crippen LogP contribution in [0.5, 0.6) is 23.0 Å². The summed E-state index contributed by atoms with van der Waals surface area (Å²) in [6.45, 7) is 1.78. The van der Waals surface area contributed by atoms with Crippen LogP contribution in [0.1, 0.15) is 34.7 Å². The number of carbonyl (C=O) groups is 2. The van der Waals surface area contributed by atoms with E-state index in [1.54, 1.807) is 47.5 Å². The van der Waals surface area contributed by atoms with E-state index in [0.717, 1.165) is 39.2 Å². The standard InChI is InChI=1S/C24H22N2O3.C18H18N2O3/c1-28-21-14-18-19(15-22(21)29-2)26-24(27)20(13-16-9-5-3-6-10-16)25-23(18)17-11-7-4-8-12-17;1-11-18(21)20-14-10-16(23-3)15(22-2)9-13(14)17(19-11)12-7-5-4-6-8-12/h3-12,14-15,20H,13H2,1-2H3,(H,26,27);4-11H,1-3H3,(H,20,21). The molecule has 2 N–H and O–H groups in total. The fourth-order valence-corrected chi connectivity index (χ4v) is 6.04. The van der Waals surface area contributed by atoms with Gasteiger partial charge in [0.05, 0.1) is 51.2 Å². The number of methoxy groups -OCH3 is 4. The van der Waals surface area contributed by atoms with Gasteiger partial charge in [-0.05, 0) is 24.6 Å². The van der Waals surface area contributed by atoms with E-state index in [1.807, 2.05) is 103 Å². The van der Waals surface area contributed by atoms with Crippen LogP contribution in [-0.2, 0) is 16.0 Å². The second kappa shape index (κ2) is 16.1. The third-order valence-electron chi connectivity index (χ3n) is 8.73. The molecule has 10 nitrogen and oxygen atoms in total. The van der Waals surface area contributed by atoms with Gasteiger partial charge >= 0.3 is 0 Å². The predicted octanol–water partition coefficient (Wildman–Crippen LogP) is 6.99. The van der Waals surface area contributed by atoms with Crippen molar-refractivity contribution in [3.05, 3.63) is 143 Å². The minimum absolute atomic E-state index is 0.145. The average Bonchev–Trinajstić information content (AvgIpc) is 3.40. The van der Waals surface area contributed by atoms with Crippen LogP contribution >= 0.6 is 0 Å². The molecule has 2 unspecified atom stereocenters. The smallest absolute Gasteiger partial charge is 0.249 e. The minimum atomic E-state index is -0.544. The van der Waals surface area contributed by atoms with Gasteiger partial charge in [-0.3, -0.25) is 19.6 Å². The van der Waals surface area contributed by atoms with Crippen LogP contribution in [0.15, 0.2) is 125 Å². The largest absolute Gasteiger partial charge is 0.493 e. The molecule has 5 aromatic carbocycles. The zero-order valence-corrected chi connectivity index (χ0v) is 29.7. The number of ether oxygens (including phenoxy) is 4. The molecule has 52 heavy (non-hydrogen) atoms. The summed E-state index contributed by atoms with van der Waals surface area (Å²) in [7, 11) is 6.32.